The van der Waals surface area contributed by atoms with Crippen molar-refractivity contribution in [3.63, 3.8) is 0 Å². The molecule has 1 aliphatic rings. The normalized spacial score (nSPS) is 23.4. The molecule has 0 saturated carbocycles. The Labute approximate surface area is 136 Å². The highest BCUT2D eigenvalue weighted by Crippen LogP contribution is 2.53. The lowest BCUT2D eigenvalue weighted by Gasteiger charge is -2.20. The van der Waals surface area contributed by atoms with Gasteiger partial charge in [0.05, 0.1) is 5.92 Å². The fourth-order valence-corrected chi connectivity index (χ4v) is 5.15. The van der Waals surface area contributed by atoms with Gasteiger partial charge in [0.1, 0.15) is 5.01 Å². The van der Waals surface area contributed by atoms with Crippen LogP contribution < -0.4 is 5.73 Å². The highest BCUT2D eigenvalue weighted by atomic mass is 32.1. The van der Waals surface area contributed by atoms with E-state index in [0.717, 1.165) is 5.01 Å². The number of benzene rings is 1. The Morgan fingerprint density at radius 3 is 2.36 bits per heavy atom. The summed E-state index contributed by atoms with van der Waals surface area (Å²) in [6, 6.07) is 12.4. The van der Waals surface area contributed by atoms with Crippen molar-refractivity contribution in [3.8, 4) is 0 Å². The van der Waals surface area contributed by atoms with E-state index < -0.39 is 0 Å². The molecule has 2 heterocycles. The Morgan fingerprint density at radius 2 is 1.77 bits per heavy atom. The van der Waals surface area contributed by atoms with E-state index in [0.29, 0.717) is 0 Å². The zero-order valence-electron chi connectivity index (χ0n) is 11.7. The Balaban J connectivity index is 1.94. The molecule has 2 aromatic heterocycles. The summed E-state index contributed by atoms with van der Waals surface area (Å²) in [4.78, 5) is 17.9. The SMILES string of the molecule is NC(=O)C1C(c2cccs2)c2ccccc2C1c1nccs1. The summed E-state index contributed by atoms with van der Waals surface area (Å²) in [6.45, 7) is 0. The van der Waals surface area contributed by atoms with E-state index in [1.807, 2.05) is 29.0 Å². The number of amides is 1. The summed E-state index contributed by atoms with van der Waals surface area (Å²) in [6.07, 6.45) is 1.79. The number of nitrogens with two attached hydrogens (primary N) is 1. The number of carbonyl (C=O) groups is 1. The van der Waals surface area contributed by atoms with Gasteiger partial charge < -0.3 is 5.73 Å². The molecule has 4 rings (SSSR count). The molecule has 0 radical (unpaired) electrons. The van der Waals surface area contributed by atoms with Crippen LogP contribution in [0.2, 0.25) is 0 Å². The van der Waals surface area contributed by atoms with E-state index in [1.165, 1.54) is 16.0 Å². The third-order valence-corrected chi connectivity index (χ3v) is 6.09. The van der Waals surface area contributed by atoms with Crippen LogP contribution in [0.5, 0.6) is 0 Å². The van der Waals surface area contributed by atoms with Gasteiger partial charge in [0.25, 0.3) is 0 Å². The molecule has 3 unspecified atom stereocenters. The Bertz CT molecular complexity index is 735. The molecule has 0 saturated heterocycles. The molecule has 5 heteroatoms. The molecule has 3 atom stereocenters. The smallest absolute Gasteiger partial charge is 0.222 e. The van der Waals surface area contributed by atoms with E-state index >= 15 is 0 Å². The van der Waals surface area contributed by atoms with Crippen molar-refractivity contribution >= 4 is 28.6 Å². The second-order valence-electron chi connectivity index (χ2n) is 5.40. The number of hydrogen-bond acceptors (Lipinski definition) is 4. The van der Waals surface area contributed by atoms with E-state index in [4.69, 9.17) is 5.73 Å². The standard InChI is InChI=1S/C17H14N2OS2/c18-16(20)15-13(12-6-3-8-21-12)10-4-1-2-5-11(10)14(15)17-19-7-9-22-17/h1-9,13-15H,(H2,18,20). The number of hydrogen-bond donors (Lipinski definition) is 1. The number of primary amides is 1. The van der Waals surface area contributed by atoms with Gasteiger partial charge in [-0.1, -0.05) is 30.3 Å². The summed E-state index contributed by atoms with van der Waals surface area (Å²) in [5.74, 6) is -0.541. The first-order chi connectivity index (χ1) is 10.8. The van der Waals surface area contributed by atoms with E-state index in [2.05, 4.69) is 23.2 Å². The number of aromatic nitrogens is 1. The Kier molecular flexibility index (Phi) is 3.32. The van der Waals surface area contributed by atoms with Crippen molar-refractivity contribution in [2.45, 2.75) is 11.8 Å². The van der Waals surface area contributed by atoms with Gasteiger partial charge in [0, 0.05) is 28.3 Å². The quantitative estimate of drug-likeness (QED) is 0.800. The van der Waals surface area contributed by atoms with Gasteiger partial charge >= 0.3 is 0 Å². The van der Waals surface area contributed by atoms with Gasteiger partial charge in [-0.2, -0.15) is 0 Å². The highest BCUT2D eigenvalue weighted by molar-refractivity contribution is 7.10. The topological polar surface area (TPSA) is 56.0 Å². The van der Waals surface area contributed by atoms with Gasteiger partial charge in [0.15, 0.2) is 0 Å². The van der Waals surface area contributed by atoms with Gasteiger partial charge in [-0.3, -0.25) is 4.79 Å². The monoisotopic (exact) mass is 326 g/mol. The van der Waals surface area contributed by atoms with Crippen LogP contribution in [0.4, 0.5) is 0 Å². The summed E-state index contributed by atoms with van der Waals surface area (Å²) >= 11 is 3.27. The fourth-order valence-electron chi connectivity index (χ4n) is 3.46. The molecule has 22 heavy (non-hydrogen) atoms. The number of nitrogens with zero attached hydrogens (tertiary/aromatic N) is 1. The molecular weight excluding hydrogens is 312 g/mol. The van der Waals surface area contributed by atoms with Crippen molar-refractivity contribution in [1.82, 2.24) is 4.98 Å². The van der Waals surface area contributed by atoms with Crippen molar-refractivity contribution in [1.29, 1.82) is 0 Å². The van der Waals surface area contributed by atoms with E-state index in [-0.39, 0.29) is 23.7 Å². The number of thiophene rings is 1. The van der Waals surface area contributed by atoms with E-state index in [1.54, 1.807) is 28.9 Å². The second kappa shape index (κ2) is 5.34. The zero-order chi connectivity index (χ0) is 15.1. The lowest BCUT2D eigenvalue weighted by Crippen LogP contribution is -2.30. The average molecular weight is 326 g/mol. The molecule has 1 amide bonds. The first kappa shape index (κ1) is 13.7. The van der Waals surface area contributed by atoms with Crippen molar-refractivity contribution < 1.29 is 4.79 Å². The van der Waals surface area contributed by atoms with Gasteiger partial charge in [-0.05, 0) is 22.6 Å². The van der Waals surface area contributed by atoms with Crippen LogP contribution >= 0.6 is 22.7 Å². The lowest BCUT2D eigenvalue weighted by atomic mass is 9.85. The Hall–Kier alpha value is -1.98. The summed E-state index contributed by atoms with van der Waals surface area (Å²) in [7, 11) is 0. The minimum absolute atomic E-state index is 0.0302. The largest absolute Gasteiger partial charge is 0.369 e. The molecule has 3 nitrogen and oxygen atoms in total. The van der Waals surface area contributed by atoms with Crippen LogP contribution in [0.25, 0.3) is 0 Å². The van der Waals surface area contributed by atoms with E-state index in [9.17, 15) is 4.79 Å². The predicted molar refractivity (Wildman–Crippen MR) is 89.2 cm³/mol. The fraction of sp³-hybridized carbons (Fsp3) is 0.176. The van der Waals surface area contributed by atoms with Crippen molar-refractivity contribution in [3.05, 3.63) is 74.4 Å². The van der Waals surface area contributed by atoms with Gasteiger partial charge in [0.2, 0.25) is 5.91 Å². The first-order valence-electron chi connectivity index (χ1n) is 7.08. The van der Waals surface area contributed by atoms with Crippen molar-refractivity contribution in [2.24, 2.45) is 11.7 Å². The maximum Gasteiger partial charge on any atom is 0.222 e. The van der Waals surface area contributed by atoms with Crippen LogP contribution in [0, 0.1) is 5.92 Å². The molecule has 0 fully saturated rings. The third kappa shape index (κ3) is 2.01. The van der Waals surface area contributed by atoms with Crippen LogP contribution in [-0.2, 0) is 4.79 Å². The molecule has 3 aromatic rings. The molecule has 0 spiro atoms. The third-order valence-electron chi connectivity index (χ3n) is 4.28. The molecular formula is C17H14N2OS2. The van der Waals surface area contributed by atoms with Gasteiger partial charge in [-0.15, -0.1) is 22.7 Å². The predicted octanol–water partition coefficient (Wildman–Crippen LogP) is 3.58. The molecule has 0 aliphatic heterocycles. The van der Waals surface area contributed by atoms with Crippen LogP contribution in [0.1, 0.15) is 32.8 Å². The molecule has 110 valence electrons. The number of rotatable bonds is 3. The van der Waals surface area contributed by atoms with Crippen LogP contribution in [-0.4, -0.2) is 10.9 Å². The highest BCUT2D eigenvalue weighted by Gasteiger charge is 2.46. The lowest BCUT2D eigenvalue weighted by molar-refractivity contribution is -0.122. The first-order valence-corrected chi connectivity index (χ1v) is 8.84. The summed E-state index contributed by atoms with van der Waals surface area (Å²) < 4.78 is 0. The summed E-state index contributed by atoms with van der Waals surface area (Å²) in [5, 5.41) is 4.97. The minimum Gasteiger partial charge on any atom is -0.369 e. The zero-order valence-corrected chi connectivity index (χ0v) is 13.3. The maximum absolute atomic E-state index is 12.3. The number of fused-ring (bicyclic) bond motifs is 1. The molecule has 2 N–H and O–H groups in total. The second-order valence-corrected chi connectivity index (χ2v) is 7.30. The Morgan fingerprint density at radius 1 is 1.00 bits per heavy atom. The molecule has 1 aliphatic carbocycles. The molecule has 1 aromatic carbocycles. The van der Waals surface area contributed by atoms with Crippen LogP contribution in [0.15, 0.2) is 53.4 Å². The van der Waals surface area contributed by atoms with Crippen LogP contribution in [0.3, 0.4) is 0 Å². The average Bonchev–Trinajstić information content (AvgIpc) is 3.25. The number of thiazole rings is 1. The summed E-state index contributed by atoms with van der Waals surface area (Å²) in [5.41, 5.74) is 8.20. The molecule has 0 bridgehead atoms. The number of carbonyl (C=O) groups excluding carboxylic acids is 1. The minimum atomic E-state index is -0.276. The maximum atomic E-state index is 12.3. The van der Waals surface area contributed by atoms with Gasteiger partial charge in [-0.25, -0.2) is 4.98 Å². The van der Waals surface area contributed by atoms with Crippen molar-refractivity contribution in [2.75, 3.05) is 0 Å².